The molecular weight excluding hydrogens is 334 g/mol. The minimum atomic E-state index is -3.61. The van der Waals surface area contributed by atoms with E-state index in [-0.39, 0.29) is 9.79 Å². The van der Waals surface area contributed by atoms with E-state index in [9.17, 15) is 8.42 Å². The first-order valence-corrected chi connectivity index (χ1v) is 10.4. The van der Waals surface area contributed by atoms with Gasteiger partial charge >= 0.3 is 0 Å². The van der Waals surface area contributed by atoms with Gasteiger partial charge in [0.1, 0.15) is 10.7 Å². The molecule has 0 radical (unpaired) electrons. The molecule has 0 spiro atoms. The number of rotatable bonds is 5. The molecule has 1 fully saturated rings. The predicted octanol–water partition coefficient (Wildman–Crippen LogP) is 3.00. The summed E-state index contributed by atoms with van der Waals surface area (Å²) in [6, 6.07) is 8.95. The number of nitrogen functional groups attached to an aromatic ring is 1. The maximum atomic E-state index is 13.1. The van der Waals surface area contributed by atoms with Crippen molar-refractivity contribution in [3.8, 4) is 0 Å². The monoisotopic (exact) mass is 361 g/mol. The van der Waals surface area contributed by atoms with Crippen LogP contribution in [0.4, 0.5) is 5.82 Å². The third-order valence-corrected chi connectivity index (χ3v) is 7.38. The van der Waals surface area contributed by atoms with Gasteiger partial charge in [0.25, 0.3) is 0 Å². The van der Waals surface area contributed by atoms with Crippen molar-refractivity contribution in [1.29, 1.82) is 0 Å². The Morgan fingerprint density at radius 1 is 1.20 bits per heavy atom. The molecule has 2 heterocycles. The summed E-state index contributed by atoms with van der Waals surface area (Å²) in [5, 5.41) is 0. The van der Waals surface area contributed by atoms with Crippen molar-refractivity contribution in [2.75, 3.05) is 18.8 Å². The number of aromatic nitrogens is 1. The second kappa shape index (κ2) is 6.84. The van der Waals surface area contributed by atoms with Crippen LogP contribution in [0.5, 0.6) is 0 Å². The van der Waals surface area contributed by atoms with Crippen LogP contribution in [-0.4, -0.2) is 37.0 Å². The lowest BCUT2D eigenvalue weighted by Gasteiger charge is -2.24. The Hall–Kier alpha value is -1.79. The number of likely N-dealkylation sites (N-methyl/N-ethyl adjacent to an activating group) is 1. The van der Waals surface area contributed by atoms with E-state index >= 15 is 0 Å². The normalized spacial score (nSPS) is 18.8. The largest absolute Gasteiger partial charge is 0.384 e. The summed E-state index contributed by atoms with van der Waals surface area (Å²) < 4.78 is 28.2. The molecule has 1 aliphatic rings. The van der Waals surface area contributed by atoms with E-state index in [1.807, 2.05) is 24.5 Å². The summed E-state index contributed by atoms with van der Waals surface area (Å²) in [5.41, 5.74) is 8.05. The molecule has 1 saturated heterocycles. The Morgan fingerprint density at radius 3 is 2.52 bits per heavy atom. The lowest BCUT2D eigenvalue weighted by atomic mass is 10.2. The van der Waals surface area contributed by atoms with Gasteiger partial charge in [-0.1, -0.05) is 25.1 Å². The molecule has 25 heavy (non-hydrogen) atoms. The standard InChI is InChI=1S/C19H27N3O2S/c1-4-21-12-8-9-16(21)13-22-15(3)14(2)18(19(22)20)25(23,24)17-10-6-5-7-11-17/h5-7,10-11,16H,4,8-9,12-13,20H2,1-3H3/t16-/m1/s1. The molecule has 1 aliphatic heterocycles. The topological polar surface area (TPSA) is 68.3 Å². The molecule has 2 aromatic rings. The Bertz CT molecular complexity index is 857. The molecule has 5 nitrogen and oxygen atoms in total. The van der Waals surface area contributed by atoms with E-state index in [2.05, 4.69) is 11.8 Å². The number of likely N-dealkylation sites (tertiary alicyclic amines) is 1. The minimum absolute atomic E-state index is 0.261. The minimum Gasteiger partial charge on any atom is -0.384 e. The summed E-state index contributed by atoms with van der Waals surface area (Å²) in [5.74, 6) is 0.363. The second-order valence-electron chi connectivity index (χ2n) is 6.78. The van der Waals surface area contributed by atoms with E-state index in [4.69, 9.17) is 5.73 Å². The molecule has 136 valence electrons. The molecule has 0 bridgehead atoms. The zero-order chi connectivity index (χ0) is 18.2. The van der Waals surface area contributed by atoms with Gasteiger partial charge in [0, 0.05) is 18.3 Å². The van der Waals surface area contributed by atoms with Crippen molar-refractivity contribution >= 4 is 15.7 Å². The van der Waals surface area contributed by atoms with Crippen molar-refractivity contribution in [3.63, 3.8) is 0 Å². The zero-order valence-corrected chi connectivity index (χ0v) is 16.0. The Morgan fingerprint density at radius 2 is 1.88 bits per heavy atom. The van der Waals surface area contributed by atoms with Gasteiger partial charge in [0.15, 0.2) is 0 Å². The number of hydrogen-bond acceptors (Lipinski definition) is 4. The van der Waals surface area contributed by atoms with Crippen LogP contribution in [0.3, 0.4) is 0 Å². The molecule has 1 atom stereocenters. The smallest absolute Gasteiger partial charge is 0.210 e. The van der Waals surface area contributed by atoms with E-state index in [0.717, 1.165) is 37.3 Å². The second-order valence-corrected chi connectivity index (χ2v) is 8.66. The molecule has 6 heteroatoms. The highest BCUT2D eigenvalue weighted by molar-refractivity contribution is 7.91. The van der Waals surface area contributed by atoms with Crippen molar-refractivity contribution in [1.82, 2.24) is 9.47 Å². The van der Waals surface area contributed by atoms with Crippen LogP contribution in [0, 0.1) is 13.8 Å². The summed E-state index contributed by atoms with van der Waals surface area (Å²) in [6.07, 6.45) is 2.32. The Balaban J connectivity index is 2.03. The summed E-state index contributed by atoms with van der Waals surface area (Å²) >= 11 is 0. The van der Waals surface area contributed by atoms with Gasteiger partial charge in [-0.15, -0.1) is 0 Å². The van der Waals surface area contributed by atoms with Crippen molar-refractivity contribution in [2.24, 2.45) is 0 Å². The maximum Gasteiger partial charge on any atom is 0.210 e. The van der Waals surface area contributed by atoms with Gasteiger partial charge in [-0.25, -0.2) is 8.42 Å². The summed E-state index contributed by atoms with van der Waals surface area (Å²) in [6.45, 7) is 8.84. The van der Waals surface area contributed by atoms with E-state index in [0.29, 0.717) is 11.9 Å². The van der Waals surface area contributed by atoms with Crippen LogP contribution in [0.15, 0.2) is 40.1 Å². The number of nitrogens with zero attached hydrogens (tertiary/aromatic N) is 2. The van der Waals surface area contributed by atoms with E-state index in [1.165, 1.54) is 6.42 Å². The first kappa shape index (κ1) is 18.0. The van der Waals surface area contributed by atoms with Crippen LogP contribution >= 0.6 is 0 Å². The predicted molar refractivity (Wildman–Crippen MR) is 100 cm³/mol. The van der Waals surface area contributed by atoms with Crippen LogP contribution in [0.1, 0.15) is 31.0 Å². The Labute approximate surface area is 150 Å². The third kappa shape index (κ3) is 3.09. The molecule has 1 aromatic carbocycles. The third-order valence-electron chi connectivity index (χ3n) is 5.43. The molecule has 0 unspecified atom stereocenters. The van der Waals surface area contributed by atoms with Gasteiger partial charge in [0.05, 0.1) is 4.90 Å². The molecule has 0 aliphatic carbocycles. The van der Waals surface area contributed by atoms with Gasteiger partial charge in [-0.05, 0) is 57.5 Å². The number of anilines is 1. The number of sulfone groups is 1. The summed E-state index contributed by atoms with van der Waals surface area (Å²) in [4.78, 5) is 3.00. The van der Waals surface area contributed by atoms with Gasteiger partial charge in [-0.2, -0.15) is 0 Å². The lowest BCUT2D eigenvalue weighted by molar-refractivity contribution is 0.244. The van der Waals surface area contributed by atoms with Crippen LogP contribution in [-0.2, 0) is 16.4 Å². The van der Waals surface area contributed by atoms with Crippen molar-refractivity contribution < 1.29 is 8.42 Å². The van der Waals surface area contributed by atoms with Crippen molar-refractivity contribution in [3.05, 3.63) is 41.6 Å². The van der Waals surface area contributed by atoms with Crippen LogP contribution in [0.2, 0.25) is 0 Å². The lowest BCUT2D eigenvalue weighted by Crippen LogP contribution is -2.33. The molecule has 3 rings (SSSR count). The fourth-order valence-corrected chi connectivity index (χ4v) is 5.57. The number of benzene rings is 1. The quantitative estimate of drug-likeness (QED) is 0.889. The average molecular weight is 362 g/mol. The van der Waals surface area contributed by atoms with Crippen molar-refractivity contribution in [2.45, 2.75) is 56.0 Å². The summed E-state index contributed by atoms with van der Waals surface area (Å²) in [7, 11) is -3.61. The molecule has 0 saturated carbocycles. The molecule has 2 N–H and O–H groups in total. The zero-order valence-electron chi connectivity index (χ0n) is 15.2. The fraction of sp³-hybridized carbons (Fsp3) is 0.474. The van der Waals surface area contributed by atoms with Gasteiger partial charge in [-0.3, -0.25) is 4.90 Å². The molecule has 1 aromatic heterocycles. The first-order chi connectivity index (χ1) is 11.9. The van der Waals surface area contributed by atoms with E-state index < -0.39 is 9.84 Å². The molecule has 0 amide bonds. The molecular formula is C19H27N3O2S. The maximum absolute atomic E-state index is 13.1. The SMILES string of the molecule is CCN1CCC[C@@H]1Cn1c(C)c(C)c(S(=O)(=O)c2ccccc2)c1N. The number of nitrogens with two attached hydrogens (primary N) is 1. The van der Waals surface area contributed by atoms with Gasteiger partial charge < -0.3 is 10.3 Å². The van der Waals surface area contributed by atoms with E-state index in [1.54, 1.807) is 24.3 Å². The Kier molecular flexibility index (Phi) is 4.93. The fourth-order valence-electron chi connectivity index (χ4n) is 3.88. The first-order valence-electron chi connectivity index (χ1n) is 8.87. The van der Waals surface area contributed by atoms with Crippen LogP contribution < -0.4 is 5.73 Å². The van der Waals surface area contributed by atoms with Gasteiger partial charge in [0.2, 0.25) is 9.84 Å². The van der Waals surface area contributed by atoms with Crippen LogP contribution in [0.25, 0.3) is 0 Å². The highest BCUT2D eigenvalue weighted by atomic mass is 32.2. The average Bonchev–Trinajstić information content (AvgIpc) is 3.14. The number of hydrogen-bond donors (Lipinski definition) is 1. The highest BCUT2D eigenvalue weighted by Crippen LogP contribution is 2.34. The highest BCUT2D eigenvalue weighted by Gasteiger charge is 2.30.